The fourth-order valence-corrected chi connectivity index (χ4v) is 5.50. The van der Waals surface area contributed by atoms with Crippen molar-refractivity contribution < 1.29 is 0 Å². The molecule has 0 N–H and O–H groups in total. The summed E-state index contributed by atoms with van der Waals surface area (Å²) in [4.78, 5) is 11.9. The number of anilines is 1. The van der Waals surface area contributed by atoms with Gasteiger partial charge in [-0.05, 0) is 52.2 Å². The third-order valence-electron chi connectivity index (χ3n) is 7.09. The topological polar surface area (TPSA) is 29.0 Å². The third-order valence-corrected chi connectivity index (χ3v) is 7.09. The van der Waals surface area contributed by atoms with Gasteiger partial charge in [0, 0.05) is 18.5 Å². The maximum atomic E-state index is 4.80. The summed E-state index contributed by atoms with van der Waals surface area (Å²) in [5.74, 6) is 1.62. The Balaban J connectivity index is 1.50. The molecule has 0 bridgehead atoms. The summed E-state index contributed by atoms with van der Waals surface area (Å²) in [5, 5.41) is 0. The molecule has 3 aromatic rings. The molecular weight excluding hydrogens is 378 g/mol. The van der Waals surface area contributed by atoms with Crippen LogP contribution in [0.5, 0.6) is 0 Å². The summed E-state index contributed by atoms with van der Waals surface area (Å²) < 4.78 is 0. The van der Waals surface area contributed by atoms with Gasteiger partial charge in [0.2, 0.25) is 0 Å². The zero-order valence-electron chi connectivity index (χ0n) is 18.2. The van der Waals surface area contributed by atoms with Crippen molar-refractivity contribution in [3.05, 3.63) is 100 Å². The fraction of sp³-hybridized carbons (Fsp3) is 0.286. The van der Waals surface area contributed by atoms with Crippen LogP contribution < -0.4 is 4.90 Å². The van der Waals surface area contributed by atoms with Crippen molar-refractivity contribution in [1.29, 1.82) is 0 Å². The van der Waals surface area contributed by atoms with Gasteiger partial charge in [-0.1, -0.05) is 74.5 Å². The van der Waals surface area contributed by atoms with Gasteiger partial charge in [-0.15, -0.1) is 0 Å². The molecule has 0 amide bonds. The van der Waals surface area contributed by atoms with Gasteiger partial charge in [0.25, 0.3) is 0 Å². The van der Waals surface area contributed by atoms with Crippen molar-refractivity contribution in [3.8, 4) is 0 Å². The summed E-state index contributed by atoms with van der Waals surface area (Å²) in [6.45, 7) is 5.49. The largest absolute Gasteiger partial charge is 0.345 e. The van der Waals surface area contributed by atoms with E-state index in [1.807, 2.05) is 0 Å². The minimum Gasteiger partial charge on any atom is -0.345 e. The lowest BCUT2D eigenvalue weighted by atomic mass is 9.87. The number of fused-ring (bicyclic) bond motifs is 3. The summed E-state index contributed by atoms with van der Waals surface area (Å²) in [6, 6.07) is 18.4. The Labute approximate surface area is 184 Å². The van der Waals surface area contributed by atoms with E-state index in [2.05, 4.69) is 84.4 Å². The highest BCUT2D eigenvalue weighted by Gasteiger charge is 2.37. The minimum absolute atomic E-state index is 0.213. The molecule has 1 atom stereocenters. The maximum Gasteiger partial charge on any atom is 0.140 e. The van der Waals surface area contributed by atoms with Gasteiger partial charge in [0.1, 0.15) is 12.1 Å². The standard InChI is InChI=1S/C28H27N3/c1-18(2)19-10-12-20(13-11-19)27-25-16-21-6-3-4-7-22(21)23(25)14-15-31(27)28-24-8-5-9-26(24)29-17-30-28/h3-8,10-13,17-18,27H,9,14-16H2,1-2H3. The van der Waals surface area contributed by atoms with Gasteiger partial charge in [-0.2, -0.15) is 0 Å². The molecule has 0 saturated carbocycles. The number of hydrogen-bond donors (Lipinski definition) is 0. The Kier molecular flexibility index (Phi) is 4.31. The average molecular weight is 406 g/mol. The molecule has 1 aliphatic heterocycles. The first-order chi connectivity index (χ1) is 15.2. The molecule has 2 aromatic carbocycles. The second kappa shape index (κ2) is 7.19. The summed E-state index contributed by atoms with van der Waals surface area (Å²) in [5.41, 5.74) is 11.1. The molecule has 3 nitrogen and oxygen atoms in total. The van der Waals surface area contributed by atoms with E-state index in [1.54, 1.807) is 17.5 Å². The van der Waals surface area contributed by atoms with Crippen molar-refractivity contribution >= 4 is 17.5 Å². The third kappa shape index (κ3) is 2.95. The van der Waals surface area contributed by atoms with E-state index in [-0.39, 0.29) is 6.04 Å². The molecule has 6 rings (SSSR count). The van der Waals surface area contributed by atoms with Crippen LogP contribution in [0.15, 0.2) is 66.5 Å². The fourth-order valence-electron chi connectivity index (χ4n) is 5.50. The molecule has 2 heterocycles. The van der Waals surface area contributed by atoms with Crippen LogP contribution in [0.3, 0.4) is 0 Å². The van der Waals surface area contributed by atoms with E-state index in [0.29, 0.717) is 5.92 Å². The Morgan fingerprint density at radius 1 is 1.00 bits per heavy atom. The van der Waals surface area contributed by atoms with Crippen LogP contribution in [0.4, 0.5) is 5.82 Å². The highest BCUT2D eigenvalue weighted by atomic mass is 15.2. The zero-order chi connectivity index (χ0) is 20.9. The molecule has 2 aliphatic carbocycles. The van der Waals surface area contributed by atoms with Crippen molar-refractivity contribution in [2.24, 2.45) is 0 Å². The summed E-state index contributed by atoms with van der Waals surface area (Å²) in [6.07, 6.45) is 9.16. The van der Waals surface area contributed by atoms with E-state index in [9.17, 15) is 0 Å². The minimum atomic E-state index is 0.213. The molecule has 0 spiro atoms. The number of nitrogens with zero attached hydrogens (tertiary/aromatic N) is 3. The number of aromatic nitrogens is 2. The zero-order valence-corrected chi connectivity index (χ0v) is 18.2. The summed E-state index contributed by atoms with van der Waals surface area (Å²) >= 11 is 0. The predicted octanol–water partition coefficient (Wildman–Crippen LogP) is 6.13. The monoisotopic (exact) mass is 405 g/mol. The van der Waals surface area contributed by atoms with Gasteiger partial charge >= 0.3 is 0 Å². The van der Waals surface area contributed by atoms with Crippen LogP contribution in [-0.2, 0) is 12.8 Å². The van der Waals surface area contributed by atoms with E-state index >= 15 is 0 Å². The second-order valence-corrected chi connectivity index (χ2v) is 9.17. The molecule has 1 unspecified atom stereocenters. The van der Waals surface area contributed by atoms with Crippen molar-refractivity contribution in [3.63, 3.8) is 0 Å². The highest BCUT2D eigenvalue weighted by molar-refractivity contribution is 5.81. The van der Waals surface area contributed by atoms with Gasteiger partial charge in [-0.3, -0.25) is 0 Å². The number of rotatable bonds is 3. The van der Waals surface area contributed by atoms with E-state index in [0.717, 1.165) is 37.3 Å². The molecular formula is C28H27N3. The van der Waals surface area contributed by atoms with Gasteiger partial charge in [0.15, 0.2) is 0 Å². The smallest absolute Gasteiger partial charge is 0.140 e. The molecule has 0 fully saturated rings. The Hall–Kier alpha value is -3.20. The van der Waals surface area contributed by atoms with Crippen LogP contribution in [0.1, 0.15) is 65.7 Å². The Morgan fingerprint density at radius 2 is 1.84 bits per heavy atom. The number of benzene rings is 2. The van der Waals surface area contributed by atoms with E-state index in [4.69, 9.17) is 4.98 Å². The lowest BCUT2D eigenvalue weighted by molar-refractivity contribution is 0.650. The lowest BCUT2D eigenvalue weighted by Gasteiger charge is -2.39. The number of allylic oxidation sites excluding steroid dienone is 1. The first kappa shape index (κ1) is 18.6. The van der Waals surface area contributed by atoms with Gasteiger partial charge < -0.3 is 4.90 Å². The molecule has 0 saturated heterocycles. The van der Waals surface area contributed by atoms with E-state index < -0.39 is 0 Å². The molecule has 0 radical (unpaired) electrons. The Morgan fingerprint density at radius 3 is 2.68 bits per heavy atom. The molecule has 1 aromatic heterocycles. The molecule has 3 heteroatoms. The Bertz CT molecular complexity index is 1220. The molecule has 31 heavy (non-hydrogen) atoms. The number of hydrogen-bond acceptors (Lipinski definition) is 3. The van der Waals surface area contributed by atoms with Crippen LogP contribution in [0.2, 0.25) is 0 Å². The first-order valence-electron chi connectivity index (χ1n) is 11.4. The molecule has 154 valence electrons. The first-order valence-corrected chi connectivity index (χ1v) is 11.4. The predicted molar refractivity (Wildman–Crippen MR) is 127 cm³/mol. The van der Waals surface area contributed by atoms with Crippen LogP contribution in [-0.4, -0.2) is 16.5 Å². The van der Waals surface area contributed by atoms with E-state index in [1.165, 1.54) is 27.8 Å². The maximum absolute atomic E-state index is 4.80. The van der Waals surface area contributed by atoms with Crippen molar-refractivity contribution in [1.82, 2.24) is 9.97 Å². The van der Waals surface area contributed by atoms with Gasteiger partial charge in [-0.25, -0.2) is 9.97 Å². The second-order valence-electron chi connectivity index (χ2n) is 9.17. The average Bonchev–Trinajstić information content (AvgIpc) is 3.43. The summed E-state index contributed by atoms with van der Waals surface area (Å²) in [7, 11) is 0. The van der Waals surface area contributed by atoms with Crippen LogP contribution >= 0.6 is 0 Å². The lowest BCUT2D eigenvalue weighted by Crippen LogP contribution is -2.36. The van der Waals surface area contributed by atoms with Crippen molar-refractivity contribution in [2.75, 3.05) is 11.4 Å². The SMILES string of the molecule is CC(C)c1ccc(C2C3=C(CCN2c2ncnc4c2C=CC4)c2ccccc2C3)cc1. The quantitative estimate of drug-likeness (QED) is 0.525. The normalized spacial score (nSPS) is 19.1. The van der Waals surface area contributed by atoms with Crippen molar-refractivity contribution in [2.45, 2.75) is 45.1 Å². The highest BCUT2D eigenvalue weighted by Crippen LogP contribution is 2.48. The van der Waals surface area contributed by atoms with Crippen LogP contribution in [0.25, 0.3) is 11.6 Å². The van der Waals surface area contributed by atoms with Crippen LogP contribution in [0, 0.1) is 0 Å². The molecule has 3 aliphatic rings. The van der Waals surface area contributed by atoms with Gasteiger partial charge in [0.05, 0.1) is 11.7 Å².